The number of imidazole rings is 1. The molecule has 0 spiro atoms. The lowest BCUT2D eigenvalue weighted by Crippen LogP contribution is -2.22. The molecule has 0 aliphatic carbocycles. The topological polar surface area (TPSA) is 110 Å². The van der Waals surface area contributed by atoms with Crippen LogP contribution in [-0.4, -0.2) is 35.0 Å². The molecule has 31 heavy (non-hydrogen) atoms. The van der Waals surface area contributed by atoms with E-state index in [9.17, 15) is 9.59 Å². The summed E-state index contributed by atoms with van der Waals surface area (Å²) >= 11 is 0. The van der Waals surface area contributed by atoms with E-state index in [1.54, 1.807) is 37.4 Å². The number of carbonyl (C=O) groups is 1. The van der Waals surface area contributed by atoms with Crippen molar-refractivity contribution in [3.8, 4) is 5.95 Å². The summed E-state index contributed by atoms with van der Waals surface area (Å²) in [5.41, 5.74) is 3.10. The number of nitrogens with one attached hydrogen (secondary N) is 2. The maximum Gasteiger partial charge on any atom is 0.275 e. The van der Waals surface area contributed by atoms with Gasteiger partial charge in [0.2, 0.25) is 5.95 Å². The largest absolute Gasteiger partial charge is 0.305 e. The van der Waals surface area contributed by atoms with Crippen molar-refractivity contribution in [3.63, 3.8) is 0 Å². The molecule has 0 atom stereocenters. The van der Waals surface area contributed by atoms with Crippen LogP contribution in [0.3, 0.4) is 0 Å². The number of hydrogen-bond acceptors (Lipinski definition) is 5. The quantitative estimate of drug-likeness (QED) is 0.530. The van der Waals surface area contributed by atoms with E-state index >= 15 is 0 Å². The van der Waals surface area contributed by atoms with Crippen LogP contribution < -0.4 is 10.9 Å². The third-order valence-electron chi connectivity index (χ3n) is 5.22. The Hall–Kier alpha value is -3.75. The van der Waals surface area contributed by atoms with Gasteiger partial charge in [0.1, 0.15) is 17.2 Å². The summed E-state index contributed by atoms with van der Waals surface area (Å²) in [5.74, 6) is 0.323. The van der Waals surface area contributed by atoms with Crippen LogP contribution in [0.4, 0.5) is 5.82 Å². The molecule has 0 unspecified atom stereocenters. The third kappa shape index (κ3) is 3.63. The highest BCUT2D eigenvalue weighted by atomic mass is 16.2. The van der Waals surface area contributed by atoms with E-state index in [-0.39, 0.29) is 22.8 Å². The van der Waals surface area contributed by atoms with Gasteiger partial charge in [0, 0.05) is 28.9 Å². The van der Waals surface area contributed by atoms with Crippen LogP contribution in [0.2, 0.25) is 0 Å². The summed E-state index contributed by atoms with van der Waals surface area (Å²) in [6, 6.07) is 7.35. The number of amides is 1. The number of H-pyrrole nitrogens is 1. The second-order valence-corrected chi connectivity index (χ2v) is 8.61. The number of fused-ring (bicyclic) bond motifs is 1. The highest BCUT2D eigenvalue weighted by Crippen LogP contribution is 2.26. The smallest absolute Gasteiger partial charge is 0.275 e. The molecule has 0 aliphatic rings. The number of hydrogen-bond donors (Lipinski definition) is 2. The zero-order chi connectivity index (χ0) is 22.5. The molecule has 9 nitrogen and oxygen atoms in total. The van der Waals surface area contributed by atoms with Gasteiger partial charge in [0.05, 0.1) is 11.4 Å². The fourth-order valence-corrected chi connectivity index (χ4v) is 3.29. The molecule has 4 aromatic heterocycles. The number of pyridine rings is 1. The minimum Gasteiger partial charge on any atom is -0.305 e. The number of rotatable bonds is 3. The molecule has 0 fully saturated rings. The number of aryl methyl sites for hydroxylation is 2. The molecule has 4 heterocycles. The van der Waals surface area contributed by atoms with E-state index in [1.165, 1.54) is 4.68 Å². The fraction of sp³-hybridized carbons (Fsp3) is 0.318. The van der Waals surface area contributed by atoms with Crippen molar-refractivity contribution < 1.29 is 4.79 Å². The van der Waals surface area contributed by atoms with Crippen LogP contribution in [0.5, 0.6) is 0 Å². The van der Waals surface area contributed by atoms with Crippen molar-refractivity contribution in [2.75, 3.05) is 5.32 Å². The molecule has 9 heteroatoms. The zero-order valence-corrected chi connectivity index (χ0v) is 18.4. The first-order chi connectivity index (χ1) is 14.6. The number of aromatic amines is 1. The van der Waals surface area contributed by atoms with Gasteiger partial charge in [-0.2, -0.15) is 9.78 Å². The first-order valence-electron chi connectivity index (χ1n) is 9.99. The SMILES string of the molecule is Cc1nc(-n2nc(C(C)(C)C)cc2NC(=O)c2c(C)nc3ccccn23)[nH]c(=O)c1C. The van der Waals surface area contributed by atoms with Crippen LogP contribution in [-0.2, 0) is 5.41 Å². The Balaban J connectivity index is 1.82. The predicted octanol–water partition coefficient (Wildman–Crippen LogP) is 3.08. The highest BCUT2D eigenvalue weighted by molar-refractivity contribution is 6.04. The third-order valence-corrected chi connectivity index (χ3v) is 5.22. The molecule has 0 saturated carbocycles. The standard InChI is InChI=1S/C22H25N7O2/c1-12-13(2)24-21(26-19(12)30)29-17(11-15(27-29)22(4,5)6)25-20(31)18-14(3)23-16-9-7-8-10-28(16)18/h7-11H,1-6H3,(H,25,31)(H,24,26,30). The lowest BCUT2D eigenvalue weighted by atomic mass is 9.92. The zero-order valence-electron chi connectivity index (χ0n) is 18.4. The van der Waals surface area contributed by atoms with Crippen molar-refractivity contribution >= 4 is 17.4 Å². The molecular weight excluding hydrogens is 394 g/mol. The van der Waals surface area contributed by atoms with Gasteiger partial charge in [0.25, 0.3) is 11.5 Å². The van der Waals surface area contributed by atoms with Crippen molar-refractivity contribution in [2.45, 2.75) is 47.0 Å². The van der Waals surface area contributed by atoms with E-state index < -0.39 is 0 Å². The van der Waals surface area contributed by atoms with Crippen LogP contribution in [0.25, 0.3) is 11.6 Å². The first-order valence-corrected chi connectivity index (χ1v) is 9.99. The molecule has 4 aromatic rings. The fourth-order valence-electron chi connectivity index (χ4n) is 3.29. The molecule has 0 bridgehead atoms. The van der Waals surface area contributed by atoms with Crippen molar-refractivity contribution in [3.05, 3.63) is 69.2 Å². The minimum absolute atomic E-state index is 0.244. The van der Waals surface area contributed by atoms with Gasteiger partial charge in [-0.25, -0.2) is 9.97 Å². The normalized spacial score (nSPS) is 11.8. The summed E-state index contributed by atoms with van der Waals surface area (Å²) in [6.45, 7) is 11.3. The van der Waals surface area contributed by atoms with E-state index in [1.807, 2.05) is 39.0 Å². The van der Waals surface area contributed by atoms with Crippen molar-refractivity contribution in [1.29, 1.82) is 0 Å². The molecule has 160 valence electrons. The van der Waals surface area contributed by atoms with E-state index in [4.69, 9.17) is 0 Å². The molecule has 0 aromatic carbocycles. The van der Waals surface area contributed by atoms with Crippen LogP contribution in [0.1, 0.15) is 53.9 Å². The van der Waals surface area contributed by atoms with Gasteiger partial charge < -0.3 is 5.32 Å². The van der Waals surface area contributed by atoms with Gasteiger partial charge in [-0.05, 0) is 32.9 Å². The summed E-state index contributed by atoms with van der Waals surface area (Å²) in [7, 11) is 0. The van der Waals surface area contributed by atoms with Crippen LogP contribution in [0, 0.1) is 20.8 Å². The Morgan fingerprint density at radius 3 is 2.52 bits per heavy atom. The lowest BCUT2D eigenvalue weighted by Gasteiger charge is -2.14. The van der Waals surface area contributed by atoms with Gasteiger partial charge in [0.15, 0.2) is 0 Å². The molecule has 0 saturated heterocycles. The van der Waals surface area contributed by atoms with Crippen LogP contribution in [0.15, 0.2) is 35.3 Å². The van der Waals surface area contributed by atoms with Gasteiger partial charge in [-0.1, -0.05) is 26.8 Å². The lowest BCUT2D eigenvalue weighted by molar-refractivity contribution is 0.102. The van der Waals surface area contributed by atoms with E-state index in [2.05, 4.69) is 25.4 Å². The first kappa shape index (κ1) is 20.5. The van der Waals surface area contributed by atoms with Gasteiger partial charge in [-0.15, -0.1) is 0 Å². The summed E-state index contributed by atoms with van der Waals surface area (Å²) in [6.07, 6.45) is 1.80. The maximum absolute atomic E-state index is 13.2. The summed E-state index contributed by atoms with van der Waals surface area (Å²) in [4.78, 5) is 37.2. The molecule has 0 aliphatic heterocycles. The van der Waals surface area contributed by atoms with E-state index in [0.29, 0.717) is 34.1 Å². The second-order valence-electron chi connectivity index (χ2n) is 8.61. The number of carbonyl (C=O) groups excluding carboxylic acids is 1. The van der Waals surface area contributed by atoms with Gasteiger partial charge in [-0.3, -0.25) is 19.0 Å². The molecular formula is C22H25N7O2. The monoisotopic (exact) mass is 419 g/mol. The van der Waals surface area contributed by atoms with Crippen molar-refractivity contribution in [2.24, 2.45) is 0 Å². The Morgan fingerprint density at radius 2 is 1.84 bits per heavy atom. The van der Waals surface area contributed by atoms with Crippen molar-refractivity contribution in [1.82, 2.24) is 29.1 Å². The average molecular weight is 419 g/mol. The molecule has 4 rings (SSSR count). The molecule has 2 N–H and O–H groups in total. The maximum atomic E-state index is 13.2. The Morgan fingerprint density at radius 1 is 1.10 bits per heavy atom. The van der Waals surface area contributed by atoms with E-state index in [0.717, 1.165) is 5.69 Å². The number of nitrogens with zero attached hydrogens (tertiary/aromatic N) is 5. The molecule has 1 amide bonds. The number of aromatic nitrogens is 6. The Kier molecular flexibility index (Phi) is 4.76. The second kappa shape index (κ2) is 7.19. The highest BCUT2D eigenvalue weighted by Gasteiger charge is 2.24. The number of anilines is 1. The minimum atomic E-state index is -0.330. The Bertz CT molecular complexity index is 1370. The summed E-state index contributed by atoms with van der Waals surface area (Å²) < 4.78 is 3.21. The summed E-state index contributed by atoms with van der Waals surface area (Å²) in [5, 5.41) is 7.56. The van der Waals surface area contributed by atoms with Gasteiger partial charge >= 0.3 is 0 Å². The van der Waals surface area contributed by atoms with Crippen LogP contribution >= 0.6 is 0 Å². The molecule has 0 radical (unpaired) electrons. The predicted molar refractivity (Wildman–Crippen MR) is 118 cm³/mol. The Labute approximate surface area is 179 Å². The average Bonchev–Trinajstić information content (AvgIpc) is 3.25.